The van der Waals surface area contributed by atoms with Gasteiger partial charge in [0.1, 0.15) is 17.1 Å². The molecule has 0 spiro atoms. The van der Waals surface area contributed by atoms with Crippen LogP contribution in [0.2, 0.25) is 0 Å². The van der Waals surface area contributed by atoms with E-state index in [1.807, 2.05) is 50.9 Å². The molecule has 1 aromatic carbocycles. The highest BCUT2D eigenvalue weighted by molar-refractivity contribution is 7.92. The Balaban J connectivity index is 1.45. The van der Waals surface area contributed by atoms with Crippen molar-refractivity contribution < 1.29 is 17.9 Å². The molecule has 3 aromatic rings. The lowest BCUT2D eigenvalue weighted by Crippen LogP contribution is -2.39. The largest absolute Gasteiger partial charge is 0.444 e. The first kappa shape index (κ1) is 28.0. The number of amides is 1. The third-order valence-electron chi connectivity index (χ3n) is 6.09. The van der Waals surface area contributed by atoms with Crippen LogP contribution in [0.3, 0.4) is 0 Å². The first-order valence-electron chi connectivity index (χ1n) is 12.4. The number of anilines is 4. The summed E-state index contributed by atoms with van der Waals surface area (Å²) >= 11 is 0. The number of ether oxygens (including phenoxy) is 1. The Hall–Kier alpha value is -4.00. The third kappa shape index (κ3) is 7.11. The zero-order valence-electron chi connectivity index (χ0n) is 23.0. The standard InChI is InChI=1S/C26H34N8O4S/c1-26(2,3)38-25(35)34-14-10-18-15-20(8-7-19(18)16-34)30-24-29-11-9-22(31-24)32(4)17-21-23(28-13-12-27-21)33(5)39(6,36)37/h7-9,11-13,15H,10,14,16-17H2,1-6H3,(H,29,30,31). The highest BCUT2D eigenvalue weighted by Crippen LogP contribution is 2.26. The quantitative estimate of drug-likeness (QED) is 0.463. The Bertz CT molecular complexity index is 1460. The van der Waals surface area contributed by atoms with Gasteiger partial charge in [0.05, 0.1) is 12.8 Å². The minimum absolute atomic E-state index is 0.263. The van der Waals surface area contributed by atoms with E-state index in [0.717, 1.165) is 33.8 Å². The van der Waals surface area contributed by atoms with Crippen LogP contribution < -0.4 is 14.5 Å². The van der Waals surface area contributed by atoms with Crippen LogP contribution >= 0.6 is 0 Å². The molecule has 0 aliphatic carbocycles. The van der Waals surface area contributed by atoms with Gasteiger partial charge < -0.3 is 19.9 Å². The lowest BCUT2D eigenvalue weighted by Gasteiger charge is -2.31. The van der Waals surface area contributed by atoms with Gasteiger partial charge in [0.15, 0.2) is 5.82 Å². The number of carbonyl (C=O) groups is 1. The number of rotatable bonds is 7. The van der Waals surface area contributed by atoms with Gasteiger partial charge in [-0.3, -0.25) is 9.29 Å². The molecule has 2 aromatic heterocycles. The number of hydrogen-bond donors (Lipinski definition) is 1. The van der Waals surface area contributed by atoms with Crippen LogP contribution in [0.5, 0.6) is 0 Å². The third-order valence-corrected chi connectivity index (χ3v) is 7.26. The Morgan fingerprint density at radius 2 is 1.82 bits per heavy atom. The van der Waals surface area contributed by atoms with Crippen molar-refractivity contribution >= 4 is 39.4 Å². The van der Waals surface area contributed by atoms with Crippen LogP contribution in [0.1, 0.15) is 37.6 Å². The van der Waals surface area contributed by atoms with E-state index in [0.29, 0.717) is 30.5 Å². The topological polar surface area (TPSA) is 134 Å². The second-order valence-corrected chi connectivity index (χ2v) is 12.4. The number of hydrogen-bond acceptors (Lipinski definition) is 10. The van der Waals surface area contributed by atoms with E-state index in [1.165, 1.54) is 19.4 Å². The van der Waals surface area contributed by atoms with Gasteiger partial charge in [-0.2, -0.15) is 4.98 Å². The summed E-state index contributed by atoms with van der Waals surface area (Å²) in [5, 5.41) is 3.26. The molecule has 0 saturated carbocycles. The summed E-state index contributed by atoms with van der Waals surface area (Å²) in [6.45, 7) is 6.95. The molecule has 1 amide bonds. The lowest BCUT2D eigenvalue weighted by atomic mass is 9.99. The van der Waals surface area contributed by atoms with Gasteiger partial charge in [0.2, 0.25) is 16.0 Å². The van der Waals surface area contributed by atoms with Crippen molar-refractivity contribution in [2.24, 2.45) is 0 Å². The van der Waals surface area contributed by atoms with Crippen molar-refractivity contribution in [1.29, 1.82) is 0 Å². The SMILES string of the molecule is CN(Cc1nccnc1N(C)S(C)(=O)=O)c1ccnc(Nc2ccc3c(c2)CCN(C(=O)OC(C)(C)C)C3)n1. The van der Waals surface area contributed by atoms with E-state index in [4.69, 9.17) is 4.74 Å². The van der Waals surface area contributed by atoms with Gasteiger partial charge in [0, 0.05) is 51.5 Å². The van der Waals surface area contributed by atoms with Crippen molar-refractivity contribution in [2.75, 3.05) is 41.4 Å². The molecule has 3 heterocycles. The summed E-state index contributed by atoms with van der Waals surface area (Å²) in [5.41, 5.74) is 3.03. The monoisotopic (exact) mass is 554 g/mol. The Labute approximate surface area is 229 Å². The van der Waals surface area contributed by atoms with E-state index >= 15 is 0 Å². The molecule has 39 heavy (non-hydrogen) atoms. The fourth-order valence-corrected chi connectivity index (χ4v) is 4.53. The highest BCUT2D eigenvalue weighted by Gasteiger charge is 2.26. The Kier molecular flexibility index (Phi) is 7.91. The van der Waals surface area contributed by atoms with Gasteiger partial charge in [-0.15, -0.1) is 0 Å². The van der Waals surface area contributed by atoms with Crippen LogP contribution in [0.4, 0.5) is 28.1 Å². The van der Waals surface area contributed by atoms with E-state index < -0.39 is 15.6 Å². The number of sulfonamides is 1. The maximum atomic E-state index is 12.5. The number of aromatic nitrogens is 4. The van der Waals surface area contributed by atoms with E-state index in [2.05, 4.69) is 25.3 Å². The van der Waals surface area contributed by atoms with Crippen molar-refractivity contribution in [3.05, 3.63) is 59.7 Å². The number of nitrogens with one attached hydrogen (secondary N) is 1. The van der Waals surface area contributed by atoms with Gasteiger partial charge in [-0.1, -0.05) is 6.07 Å². The molecular formula is C26H34N8O4S. The van der Waals surface area contributed by atoms with Crippen molar-refractivity contribution in [2.45, 2.75) is 45.9 Å². The molecule has 4 rings (SSSR count). The molecule has 0 atom stereocenters. The van der Waals surface area contributed by atoms with E-state index in [-0.39, 0.29) is 18.5 Å². The van der Waals surface area contributed by atoms with Crippen LogP contribution in [-0.4, -0.2) is 71.8 Å². The predicted octanol–water partition coefficient (Wildman–Crippen LogP) is 3.34. The van der Waals surface area contributed by atoms with Crippen molar-refractivity contribution in [3.63, 3.8) is 0 Å². The zero-order valence-corrected chi connectivity index (χ0v) is 23.9. The van der Waals surface area contributed by atoms with Gasteiger partial charge >= 0.3 is 6.09 Å². The summed E-state index contributed by atoms with van der Waals surface area (Å²) in [6, 6.07) is 7.75. The van der Waals surface area contributed by atoms with Gasteiger partial charge in [-0.05, 0) is 56.5 Å². The van der Waals surface area contributed by atoms with Crippen LogP contribution in [0, 0.1) is 0 Å². The molecule has 0 unspecified atom stereocenters. The number of fused-ring (bicyclic) bond motifs is 1. The fraction of sp³-hybridized carbons (Fsp3) is 0.423. The lowest BCUT2D eigenvalue weighted by molar-refractivity contribution is 0.0224. The van der Waals surface area contributed by atoms with Crippen LogP contribution in [0.25, 0.3) is 0 Å². The minimum Gasteiger partial charge on any atom is -0.444 e. The first-order chi connectivity index (χ1) is 18.3. The molecule has 1 aliphatic heterocycles. The summed E-state index contributed by atoms with van der Waals surface area (Å²) in [4.78, 5) is 33.6. The average Bonchev–Trinajstić information content (AvgIpc) is 2.87. The molecular weight excluding hydrogens is 520 g/mol. The first-order valence-corrected chi connectivity index (χ1v) is 14.3. The smallest absolute Gasteiger partial charge is 0.410 e. The van der Waals surface area contributed by atoms with Crippen LogP contribution in [-0.2, 0) is 34.3 Å². The molecule has 208 valence electrons. The normalized spacial score (nSPS) is 13.4. The van der Waals surface area contributed by atoms with Gasteiger partial charge in [-0.25, -0.2) is 23.2 Å². The minimum atomic E-state index is -3.49. The van der Waals surface area contributed by atoms with Crippen molar-refractivity contribution in [3.8, 4) is 0 Å². The molecule has 1 N–H and O–H groups in total. The Morgan fingerprint density at radius 3 is 2.54 bits per heavy atom. The van der Waals surface area contributed by atoms with Crippen molar-refractivity contribution in [1.82, 2.24) is 24.8 Å². The molecule has 0 saturated heterocycles. The fourth-order valence-electron chi connectivity index (χ4n) is 4.06. The van der Waals surface area contributed by atoms with E-state index in [1.54, 1.807) is 17.2 Å². The van der Waals surface area contributed by atoms with E-state index in [9.17, 15) is 13.2 Å². The summed E-state index contributed by atoms with van der Waals surface area (Å²) < 4.78 is 30.7. The second kappa shape index (κ2) is 11.0. The van der Waals surface area contributed by atoms with Gasteiger partial charge in [0.25, 0.3) is 0 Å². The molecule has 0 fully saturated rings. The Morgan fingerprint density at radius 1 is 1.08 bits per heavy atom. The maximum Gasteiger partial charge on any atom is 0.410 e. The predicted molar refractivity (Wildman–Crippen MR) is 149 cm³/mol. The molecule has 12 nitrogen and oxygen atoms in total. The second-order valence-electron chi connectivity index (χ2n) is 10.4. The average molecular weight is 555 g/mol. The molecule has 13 heteroatoms. The number of benzene rings is 1. The zero-order chi connectivity index (χ0) is 28.4. The number of carbonyl (C=O) groups excluding carboxylic acids is 1. The highest BCUT2D eigenvalue weighted by atomic mass is 32.2. The molecule has 1 aliphatic rings. The molecule has 0 bridgehead atoms. The summed E-state index contributed by atoms with van der Waals surface area (Å²) in [6.07, 6.45) is 6.17. The maximum absolute atomic E-state index is 12.5. The molecule has 0 radical (unpaired) electrons. The van der Waals surface area contributed by atoms with Crippen LogP contribution in [0.15, 0.2) is 42.9 Å². The summed E-state index contributed by atoms with van der Waals surface area (Å²) in [7, 11) is -0.209. The summed E-state index contributed by atoms with van der Waals surface area (Å²) in [5.74, 6) is 1.30. The number of nitrogens with zero attached hydrogens (tertiary/aromatic N) is 7.